The van der Waals surface area contributed by atoms with Gasteiger partial charge in [0, 0.05) is 0 Å². The van der Waals surface area contributed by atoms with E-state index in [0.717, 1.165) is 16.0 Å². The second-order valence-corrected chi connectivity index (χ2v) is 0.224. The summed E-state index contributed by atoms with van der Waals surface area (Å²) in [6.07, 6.45) is 0. The van der Waals surface area contributed by atoms with Crippen molar-refractivity contribution in [3.05, 3.63) is 30.3 Å². The van der Waals surface area contributed by atoms with Gasteiger partial charge in [-0.15, -0.1) is 16.0 Å². The molecule has 0 N–H and O–H groups in total. The van der Waals surface area contributed by atoms with Gasteiger partial charge >= 0.3 is 18.0 Å². The van der Waals surface area contributed by atoms with Crippen molar-refractivity contribution in [2.45, 2.75) is 0 Å². The topological polar surface area (TPSA) is 157 Å². The van der Waals surface area contributed by atoms with E-state index < -0.39 is 0 Å². The molecule has 0 unspecified atom stereocenters. The van der Waals surface area contributed by atoms with Gasteiger partial charge in [-0.3, -0.25) is 0 Å². The van der Waals surface area contributed by atoms with Gasteiger partial charge in [0.15, 0.2) is 0 Å². The molecule has 9 nitrogen and oxygen atoms in total. The van der Waals surface area contributed by atoms with Gasteiger partial charge in [0.25, 0.3) is 0 Å². The third kappa shape index (κ3) is 145. The maximum absolute atomic E-state index is 8.00. The SMILES string of the molecule is O=N[O-].O=N[O-].O=N[O-].[As+3]. The standard InChI is InChI=1S/As.3HNO2/c;3*2-1-3/h;3*(H,2,3)/q+3;;;/p-3. The van der Waals surface area contributed by atoms with E-state index in [1.807, 2.05) is 0 Å². The van der Waals surface area contributed by atoms with E-state index in [0.29, 0.717) is 0 Å². The molecule has 56 valence electrons. The largest absolute Gasteiger partial charge is 3.00 e. The number of hydrogen-bond acceptors (Lipinski definition) is 9. The summed E-state index contributed by atoms with van der Waals surface area (Å²) in [6.45, 7) is 0. The first-order valence-electron chi connectivity index (χ1n) is 1.10. The van der Waals surface area contributed by atoms with Gasteiger partial charge < -0.3 is 30.3 Å². The van der Waals surface area contributed by atoms with Gasteiger partial charge in [-0.25, -0.2) is 0 Å². The van der Waals surface area contributed by atoms with Crippen LogP contribution in [0.1, 0.15) is 0 Å². The molecule has 0 aliphatic heterocycles. The monoisotopic (exact) mass is 213 g/mol. The van der Waals surface area contributed by atoms with Crippen molar-refractivity contribution < 1.29 is 0 Å². The van der Waals surface area contributed by atoms with Crippen LogP contribution in [0.4, 0.5) is 0 Å². The third-order valence-corrected chi connectivity index (χ3v) is 0. The second-order valence-electron chi connectivity index (χ2n) is 0.224. The van der Waals surface area contributed by atoms with E-state index in [9.17, 15) is 0 Å². The first-order chi connectivity index (χ1) is 4.24. The van der Waals surface area contributed by atoms with Crippen molar-refractivity contribution in [1.82, 2.24) is 0 Å². The zero-order chi connectivity index (χ0) is 8.12. The molecule has 0 atom stereocenters. The molecule has 2 radical (unpaired) electrons. The summed E-state index contributed by atoms with van der Waals surface area (Å²) in [6, 6.07) is 0. The average Bonchev–Trinajstić information content (AvgIpc) is 1.70. The maximum atomic E-state index is 8.00. The third-order valence-electron chi connectivity index (χ3n) is 0. The van der Waals surface area contributed by atoms with Crippen molar-refractivity contribution in [3.63, 3.8) is 0 Å². The Morgan fingerprint density at radius 2 is 0.700 bits per heavy atom. The van der Waals surface area contributed by atoms with Crippen LogP contribution >= 0.6 is 0 Å². The van der Waals surface area contributed by atoms with Gasteiger partial charge in [-0.05, 0) is 0 Å². The number of rotatable bonds is 0. The smallest absolute Gasteiger partial charge is 0.444 e. The first kappa shape index (κ1) is 23.3. The van der Waals surface area contributed by atoms with Crippen molar-refractivity contribution >= 4 is 18.0 Å². The van der Waals surface area contributed by atoms with Crippen LogP contribution in [0.5, 0.6) is 0 Å². The molecule has 0 aromatic carbocycles. The summed E-state index contributed by atoms with van der Waals surface area (Å²) in [7, 11) is 0. The molecule has 0 fully saturated rings. The van der Waals surface area contributed by atoms with Crippen LogP contribution < -0.4 is 0 Å². The zero-order valence-corrected chi connectivity index (χ0v) is 6.11. The molecule has 10 heavy (non-hydrogen) atoms. The molecule has 0 aromatic heterocycles. The van der Waals surface area contributed by atoms with Gasteiger partial charge in [0.2, 0.25) is 0 Å². The van der Waals surface area contributed by atoms with Gasteiger partial charge in [0.1, 0.15) is 0 Å². The summed E-state index contributed by atoms with van der Waals surface area (Å²) in [5.41, 5.74) is 0. The zero-order valence-electron chi connectivity index (χ0n) is 4.24. The Hall–Kier alpha value is -1.24. The molecular formula is AsN3O6. The molecule has 0 heterocycles. The molecule has 0 rings (SSSR count). The molecule has 0 aromatic rings. The normalized spacial score (nSPS) is 3.60. The molecule has 0 amide bonds. The maximum Gasteiger partial charge on any atom is 3.00 e. The number of hydrogen-bond donors (Lipinski definition) is 0. The molecule has 0 aliphatic carbocycles. The fourth-order valence-corrected chi connectivity index (χ4v) is 0. The fraction of sp³-hybridized carbons (Fsp3) is 0. The van der Waals surface area contributed by atoms with Crippen LogP contribution in [-0.2, 0) is 0 Å². The van der Waals surface area contributed by atoms with Gasteiger partial charge in [0.05, 0.1) is 0 Å². The summed E-state index contributed by atoms with van der Waals surface area (Å²) in [4.78, 5) is 24.0. The Bertz CT molecular complexity index is 49.7. The number of nitrogens with zero attached hydrogens (tertiary/aromatic N) is 3. The minimum atomic E-state index is 0. The summed E-state index contributed by atoms with van der Waals surface area (Å²) in [5, 5.41) is 27.0. The molecule has 10 heteroatoms. The van der Waals surface area contributed by atoms with Crippen molar-refractivity contribution in [2.75, 3.05) is 0 Å². The van der Waals surface area contributed by atoms with Gasteiger partial charge in [-0.1, -0.05) is 0 Å². The Morgan fingerprint density at radius 1 is 0.700 bits per heavy atom. The Balaban J connectivity index is -0.0000000257. The van der Waals surface area contributed by atoms with Crippen LogP contribution in [0.2, 0.25) is 0 Å². The van der Waals surface area contributed by atoms with E-state index in [1.165, 1.54) is 0 Å². The Kier molecular flexibility index (Phi) is 267. The Morgan fingerprint density at radius 3 is 0.700 bits per heavy atom. The van der Waals surface area contributed by atoms with Crippen LogP contribution in [0.25, 0.3) is 0 Å². The quantitative estimate of drug-likeness (QED) is 0.321. The predicted molar refractivity (Wildman–Crippen MR) is 33.2 cm³/mol. The van der Waals surface area contributed by atoms with E-state index >= 15 is 0 Å². The van der Waals surface area contributed by atoms with E-state index in [4.69, 9.17) is 30.3 Å². The predicted octanol–water partition coefficient (Wildman–Crippen LogP) is 0.371. The van der Waals surface area contributed by atoms with Crippen LogP contribution in [0.3, 0.4) is 0 Å². The second kappa shape index (κ2) is 115. The summed E-state index contributed by atoms with van der Waals surface area (Å²) >= 11 is 0. The summed E-state index contributed by atoms with van der Waals surface area (Å²) in [5.74, 6) is 0. The molecule has 0 aliphatic rings. The van der Waals surface area contributed by atoms with E-state index in [-0.39, 0.29) is 18.0 Å². The van der Waals surface area contributed by atoms with E-state index in [2.05, 4.69) is 0 Å². The first-order valence-corrected chi connectivity index (χ1v) is 1.10. The minimum Gasteiger partial charge on any atom is -0.444 e. The molecule has 0 saturated heterocycles. The average molecular weight is 213 g/mol. The van der Waals surface area contributed by atoms with Crippen LogP contribution in [-0.4, -0.2) is 18.0 Å². The minimum absolute atomic E-state index is 0. The summed E-state index contributed by atoms with van der Waals surface area (Å²) < 4.78 is 0. The molecule has 0 saturated carbocycles. The van der Waals surface area contributed by atoms with Crippen LogP contribution in [0, 0.1) is 30.3 Å². The van der Waals surface area contributed by atoms with Crippen molar-refractivity contribution in [1.29, 1.82) is 0 Å². The molecular weight excluding hydrogens is 213 g/mol. The Labute approximate surface area is 65.2 Å². The van der Waals surface area contributed by atoms with Gasteiger partial charge in [-0.2, -0.15) is 0 Å². The molecule has 0 bridgehead atoms. The fourth-order valence-electron chi connectivity index (χ4n) is 0. The van der Waals surface area contributed by atoms with Crippen molar-refractivity contribution in [3.8, 4) is 0 Å². The van der Waals surface area contributed by atoms with Crippen LogP contribution in [0.15, 0.2) is 16.0 Å². The molecule has 0 spiro atoms. The van der Waals surface area contributed by atoms with Crippen molar-refractivity contribution in [2.24, 2.45) is 16.0 Å². The van der Waals surface area contributed by atoms with E-state index in [1.54, 1.807) is 0 Å².